The molecule has 3 aliphatic rings. The van der Waals surface area contributed by atoms with Crippen LogP contribution in [-0.4, -0.2) is 17.9 Å². The van der Waals surface area contributed by atoms with Crippen LogP contribution >= 0.6 is 0 Å². The summed E-state index contributed by atoms with van der Waals surface area (Å²) in [5.41, 5.74) is 0.360. The van der Waals surface area contributed by atoms with Gasteiger partial charge in [-0.15, -0.1) is 0 Å². The van der Waals surface area contributed by atoms with E-state index >= 15 is 0 Å². The van der Waals surface area contributed by atoms with Gasteiger partial charge in [-0.25, -0.2) is 0 Å². The Morgan fingerprint density at radius 2 is 1.87 bits per heavy atom. The van der Waals surface area contributed by atoms with Crippen molar-refractivity contribution < 1.29 is 9.50 Å². The van der Waals surface area contributed by atoms with Crippen LogP contribution in [0.25, 0.3) is 0 Å². The second-order valence-electron chi connectivity index (χ2n) is 9.17. The molecule has 23 heavy (non-hydrogen) atoms. The molecule has 3 rings (SSSR count). The van der Waals surface area contributed by atoms with Crippen molar-refractivity contribution in [3.63, 3.8) is 0 Å². The van der Waals surface area contributed by atoms with Gasteiger partial charge in [-0.05, 0) is 92.8 Å². The van der Waals surface area contributed by atoms with Gasteiger partial charge in [-0.1, -0.05) is 26.7 Å². The molecule has 134 valence electrons. The van der Waals surface area contributed by atoms with Crippen LogP contribution in [0.3, 0.4) is 0 Å². The number of aliphatic hydroxyl groups excluding tert-OH is 1. The number of halogens is 1. The predicted molar refractivity (Wildman–Crippen MR) is 93.9 cm³/mol. The Hall–Kier alpha value is -0.110. The van der Waals surface area contributed by atoms with E-state index in [0.717, 1.165) is 30.1 Å². The van der Waals surface area contributed by atoms with E-state index in [2.05, 4.69) is 13.8 Å². The van der Waals surface area contributed by atoms with Crippen molar-refractivity contribution in [1.29, 1.82) is 0 Å². The van der Waals surface area contributed by atoms with Gasteiger partial charge in [0.2, 0.25) is 0 Å². The summed E-state index contributed by atoms with van der Waals surface area (Å²) in [6, 6.07) is 0. The molecule has 3 fully saturated rings. The Balaban J connectivity index is 1.79. The molecule has 0 aromatic carbocycles. The largest absolute Gasteiger partial charge is 0.393 e. The summed E-state index contributed by atoms with van der Waals surface area (Å²) in [5.74, 6) is 4.41. The van der Waals surface area contributed by atoms with Crippen LogP contribution in [-0.2, 0) is 0 Å². The zero-order chi connectivity index (χ0) is 16.6. The van der Waals surface area contributed by atoms with Crippen molar-refractivity contribution in [2.24, 2.45) is 40.9 Å². The zero-order valence-corrected chi connectivity index (χ0v) is 15.4. The van der Waals surface area contributed by atoms with Gasteiger partial charge in [-0.3, -0.25) is 4.39 Å². The first-order chi connectivity index (χ1) is 11.0. The molecule has 0 aromatic rings. The fourth-order valence-electron chi connectivity index (χ4n) is 7.35. The van der Waals surface area contributed by atoms with Crippen molar-refractivity contribution in [2.75, 3.05) is 6.67 Å². The molecule has 1 nitrogen and oxygen atoms in total. The van der Waals surface area contributed by atoms with Crippen molar-refractivity contribution in [2.45, 2.75) is 84.7 Å². The summed E-state index contributed by atoms with van der Waals surface area (Å²) in [4.78, 5) is 0. The molecule has 0 heterocycles. The number of alkyl halides is 1. The lowest BCUT2D eigenvalue weighted by atomic mass is 9.50. The van der Waals surface area contributed by atoms with Gasteiger partial charge in [0.15, 0.2) is 0 Å². The number of fused-ring (bicyclic) bond motifs is 3. The Kier molecular flexibility index (Phi) is 5.40. The average molecular weight is 325 g/mol. The summed E-state index contributed by atoms with van der Waals surface area (Å²) in [6.45, 7) is 6.64. The molecule has 1 N–H and O–H groups in total. The lowest BCUT2D eigenvalue weighted by Crippen LogP contribution is -2.48. The fraction of sp³-hybridized carbons (Fsp3) is 1.00. The zero-order valence-electron chi connectivity index (χ0n) is 15.4. The van der Waals surface area contributed by atoms with Crippen LogP contribution in [0.4, 0.5) is 4.39 Å². The van der Waals surface area contributed by atoms with Gasteiger partial charge >= 0.3 is 0 Å². The van der Waals surface area contributed by atoms with E-state index in [1.54, 1.807) is 0 Å². The Morgan fingerprint density at radius 3 is 2.52 bits per heavy atom. The highest BCUT2D eigenvalue weighted by molar-refractivity contribution is 5.06. The number of hydrogen-bond donors (Lipinski definition) is 1. The first-order valence-corrected chi connectivity index (χ1v) is 10.3. The molecule has 0 amide bonds. The Bertz CT molecular complexity index is 395. The molecule has 0 aromatic heterocycles. The minimum Gasteiger partial charge on any atom is -0.393 e. The van der Waals surface area contributed by atoms with Gasteiger partial charge in [0.1, 0.15) is 0 Å². The van der Waals surface area contributed by atoms with Gasteiger partial charge in [0.25, 0.3) is 0 Å². The average Bonchev–Trinajstić information content (AvgIpc) is 2.87. The molecule has 3 saturated carbocycles. The second-order valence-corrected chi connectivity index (χ2v) is 9.17. The Labute approximate surface area is 142 Å². The van der Waals surface area contributed by atoms with E-state index in [1.807, 2.05) is 6.92 Å². The van der Waals surface area contributed by atoms with Crippen LogP contribution < -0.4 is 0 Å². The lowest BCUT2D eigenvalue weighted by molar-refractivity contribution is -0.0731. The maximum Gasteiger partial charge on any atom is 0.0897 e. The van der Waals surface area contributed by atoms with Crippen LogP contribution in [0, 0.1) is 40.9 Å². The SMILES string of the molecule is CCCC1C(CCF)CCC2C1CCC1(C)C(C(C)O)CCC21. The maximum absolute atomic E-state index is 13.0. The van der Waals surface area contributed by atoms with Crippen molar-refractivity contribution in [1.82, 2.24) is 0 Å². The highest BCUT2D eigenvalue weighted by atomic mass is 19.1. The van der Waals surface area contributed by atoms with Crippen molar-refractivity contribution in [3.8, 4) is 0 Å². The molecule has 8 unspecified atom stereocenters. The summed E-state index contributed by atoms with van der Waals surface area (Å²) in [6.07, 6.45) is 10.9. The molecule has 2 heteroatoms. The van der Waals surface area contributed by atoms with Crippen LogP contribution in [0.15, 0.2) is 0 Å². The van der Waals surface area contributed by atoms with Crippen LogP contribution in [0.5, 0.6) is 0 Å². The van der Waals surface area contributed by atoms with Crippen molar-refractivity contribution in [3.05, 3.63) is 0 Å². The third kappa shape index (κ3) is 2.98. The molecular formula is C21H37FO. The van der Waals surface area contributed by atoms with Gasteiger partial charge < -0.3 is 5.11 Å². The maximum atomic E-state index is 13.0. The fourth-order valence-corrected chi connectivity index (χ4v) is 7.35. The van der Waals surface area contributed by atoms with Crippen LogP contribution in [0.1, 0.15) is 78.6 Å². The predicted octanol–water partition coefficient (Wildman–Crippen LogP) is 5.61. The quantitative estimate of drug-likeness (QED) is 0.696. The highest BCUT2D eigenvalue weighted by Crippen LogP contribution is 2.64. The molecular weight excluding hydrogens is 287 g/mol. The summed E-state index contributed by atoms with van der Waals surface area (Å²) in [7, 11) is 0. The summed E-state index contributed by atoms with van der Waals surface area (Å²) >= 11 is 0. The first-order valence-electron chi connectivity index (χ1n) is 10.3. The van der Waals surface area contributed by atoms with E-state index in [9.17, 15) is 9.50 Å². The van der Waals surface area contributed by atoms with Crippen LogP contribution in [0.2, 0.25) is 0 Å². The minimum atomic E-state index is -0.157. The second kappa shape index (κ2) is 7.02. The molecule has 0 aliphatic heterocycles. The third-order valence-corrected chi connectivity index (χ3v) is 8.28. The van der Waals surface area contributed by atoms with Gasteiger partial charge in [0.05, 0.1) is 12.8 Å². The normalized spacial score (nSPS) is 47.9. The monoisotopic (exact) mass is 324 g/mol. The molecule has 0 saturated heterocycles. The molecule has 0 bridgehead atoms. The molecule has 3 aliphatic carbocycles. The number of hydrogen-bond acceptors (Lipinski definition) is 1. The first kappa shape index (κ1) is 17.7. The smallest absolute Gasteiger partial charge is 0.0897 e. The van der Waals surface area contributed by atoms with E-state index < -0.39 is 0 Å². The summed E-state index contributed by atoms with van der Waals surface area (Å²) in [5, 5.41) is 10.3. The van der Waals surface area contributed by atoms with Gasteiger partial charge in [-0.2, -0.15) is 0 Å². The minimum absolute atomic E-state index is 0.131. The number of aliphatic hydroxyl groups is 1. The Morgan fingerprint density at radius 1 is 1.09 bits per heavy atom. The van der Waals surface area contributed by atoms with E-state index in [4.69, 9.17) is 0 Å². The number of rotatable bonds is 5. The standard InChI is InChI=1S/C21H37FO/c1-4-5-16-15(11-13-22)6-7-18-17(16)10-12-21(3)19(14(2)23)8-9-20(18)21/h14-20,23H,4-13H2,1-3H3. The lowest BCUT2D eigenvalue weighted by Gasteiger charge is -2.55. The van der Waals surface area contributed by atoms with Crippen molar-refractivity contribution >= 4 is 0 Å². The molecule has 0 radical (unpaired) electrons. The van der Waals surface area contributed by atoms with E-state index in [1.165, 1.54) is 51.4 Å². The highest BCUT2D eigenvalue weighted by Gasteiger charge is 2.56. The molecule has 0 spiro atoms. The summed E-state index contributed by atoms with van der Waals surface area (Å²) < 4.78 is 13.0. The van der Waals surface area contributed by atoms with Gasteiger partial charge in [0, 0.05) is 0 Å². The van der Waals surface area contributed by atoms with E-state index in [-0.39, 0.29) is 12.8 Å². The third-order valence-electron chi connectivity index (χ3n) is 8.28. The topological polar surface area (TPSA) is 20.2 Å². The van der Waals surface area contributed by atoms with E-state index in [0.29, 0.717) is 17.3 Å². The molecule has 8 atom stereocenters.